The van der Waals surface area contributed by atoms with Crippen LogP contribution >= 0.6 is 11.6 Å². The van der Waals surface area contributed by atoms with Crippen molar-refractivity contribution in [1.29, 1.82) is 0 Å². The molecule has 2 heterocycles. The van der Waals surface area contributed by atoms with E-state index in [9.17, 15) is 14.7 Å². The fourth-order valence-electron chi connectivity index (χ4n) is 3.91. The highest BCUT2D eigenvalue weighted by molar-refractivity contribution is 6.51. The third kappa shape index (κ3) is 4.26. The second-order valence-electron chi connectivity index (χ2n) is 8.24. The van der Waals surface area contributed by atoms with Crippen molar-refractivity contribution in [2.24, 2.45) is 0 Å². The lowest BCUT2D eigenvalue weighted by Gasteiger charge is -2.23. The van der Waals surface area contributed by atoms with Crippen molar-refractivity contribution in [3.63, 3.8) is 0 Å². The first-order valence-corrected chi connectivity index (χ1v) is 11.0. The van der Waals surface area contributed by atoms with E-state index in [-0.39, 0.29) is 17.4 Å². The number of halogens is 1. The number of nitrogens with zero attached hydrogens (tertiary/aromatic N) is 1. The van der Waals surface area contributed by atoms with E-state index in [1.165, 1.54) is 4.90 Å². The van der Waals surface area contributed by atoms with E-state index in [2.05, 4.69) is 0 Å². The number of furan rings is 1. The quantitative estimate of drug-likeness (QED) is 0.285. The van der Waals surface area contributed by atoms with Gasteiger partial charge in [0.2, 0.25) is 0 Å². The fourth-order valence-corrected chi connectivity index (χ4v) is 4.03. The van der Waals surface area contributed by atoms with Gasteiger partial charge < -0.3 is 14.3 Å². The summed E-state index contributed by atoms with van der Waals surface area (Å²) in [7, 11) is 0. The van der Waals surface area contributed by atoms with E-state index in [1.54, 1.807) is 61.5 Å². The molecule has 4 rings (SSSR count). The van der Waals surface area contributed by atoms with Gasteiger partial charge in [-0.1, -0.05) is 11.6 Å². The number of hydrogen-bond acceptors (Lipinski definition) is 5. The third-order valence-electron chi connectivity index (χ3n) is 5.39. The summed E-state index contributed by atoms with van der Waals surface area (Å²) in [4.78, 5) is 27.6. The maximum absolute atomic E-state index is 13.2. The molecule has 7 heteroatoms. The van der Waals surface area contributed by atoms with Gasteiger partial charge in [0.15, 0.2) is 0 Å². The van der Waals surface area contributed by atoms with Gasteiger partial charge in [0.1, 0.15) is 29.1 Å². The molecule has 6 nitrogen and oxygen atoms in total. The SMILES string of the molecule is Cc1ccc(C2/C(=C(/O)c3ccc(OC(C)C)c(C)c3)C(=O)C(=O)N2c2ccc(Cl)cc2)o1. The summed E-state index contributed by atoms with van der Waals surface area (Å²) in [5.41, 5.74) is 1.63. The van der Waals surface area contributed by atoms with E-state index in [1.807, 2.05) is 20.8 Å². The predicted octanol–water partition coefficient (Wildman–Crippen LogP) is 5.96. The van der Waals surface area contributed by atoms with Gasteiger partial charge in [-0.3, -0.25) is 14.5 Å². The number of amides is 1. The maximum atomic E-state index is 13.2. The molecule has 1 N–H and O–H groups in total. The number of ether oxygens (including phenoxy) is 1. The first-order valence-electron chi connectivity index (χ1n) is 10.6. The molecule has 0 bridgehead atoms. The maximum Gasteiger partial charge on any atom is 0.300 e. The van der Waals surface area contributed by atoms with Crippen molar-refractivity contribution in [3.05, 3.63) is 87.8 Å². The largest absolute Gasteiger partial charge is 0.507 e. The first kappa shape index (κ1) is 22.7. The zero-order chi connectivity index (χ0) is 23.9. The topological polar surface area (TPSA) is 80.0 Å². The van der Waals surface area contributed by atoms with Gasteiger partial charge in [-0.25, -0.2) is 0 Å². The standard InChI is InChI=1S/C26H24ClNO5/c1-14(2)32-20-12-6-17(13-15(20)3)24(29)22-23(21-11-5-16(4)33-21)28(26(31)25(22)30)19-9-7-18(27)8-10-19/h5-14,23,29H,1-4H3/b24-22-. The number of Topliss-reactive ketones (excluding diaryl/α,β-unsaturated/α-hetero) is 1. The van der Waals surface area contributed by atoms with Crippen molar-refractivity contribution >= 4 is 34.7 Å². The number of aliphatic hydroxyl groups excluding tert-OH is 1. The molecule has 1 aliphatic heterocycles. The van der Waals surface area contributed by atoms with Crippen LogP contribution in [0.5, 0.6) is 5.75 Å². The second kappa shape index (κ2) is 8.79. The molecule has 1 saturated heterocycles. The molecule has 0 radical (unpaired) electrons. The minimum Gasteiger partial charge on any atom is -0.507 e. The van der Waals surface area contributed by atoms with Crippen LogP contribution in [0.4, 0.5) is 5.69 Å². The number of carbonyl (C=O) groups is 2. The van der Waals surface area contributed by atoms with Crippen LogP contribution in [0, 0.1) is 13.8 Å². The molecule has 1 aromatic heterocycles. The van der Waals surface area contributed by atoms with Crippen molar-refractivity contribution in [3.8, 4) is 5.75 Å². The zero-order valence-electron chi connectivity index (χ0n) is 18.8. The molecule has 0 spiro atoms. The Hall–Kier alpha value is -3.51. The fraction of sp³-hybridized carbons (Fsp3) is 0.231. The lowest BCUT2D eigenvalue weighted by Crippen LogP contribution is -2.29. The van der Waals surface area contributed by atoms with Crippen molar-refractivity contribution in [1.82, 2.24) is 0 Å². The lowest BCUT2D eigenvalue weighted by molar-refractivity contribution is -0.132. The van der Waals surface area contributed by atoms with E-state index in [4.69, 9.17) is 20.8 Å². The smallest absolute Gasteiger partial charge is 0.300 e. The highest BCUT2D eigenvalue weighted by Gasteiger charge is 2.48. The molecular formula is C26H24ClNO5. The molecular weight excluding hydrogens is 442 g/mol. The highest BCUT2D eigenvalue weighted by atomic mass is 35.5. The number of ketones is 1. The van der Waals surface area contributed by atoms with Crippen molar-refractivity contribution < 1.29 is 23.8 Å². The summed E-state index contributed by atoms with van der Waals surface area (Å²) in [6.07, 6.45) is -0.00459. The van der Waals surface area contributed by atoms with Crippen molar-refractivity contribution in [2.45, 2.75) is 39.8 Å². The summed E-state index contributed by atoms with van der Waals surface area (Å²) in [6, 6.07) is 14.2. The van der Waals surface area contributed by atoms with Gasteiger partial charge in [0.05, 0.1) is 11.7 Å². The zero-order valence-corrected chi connectivity index (χ0v) is 19.5. The van der Waals surface area contributed by atoms with Gasteiger partial charge >= 0.3 is 0 Å². The van der Waals surface area contributed by atoms with Crippen LogP contribution in [0.2, 0.25) is 5.02 Å². The van der Waals surface area contributed by atoms with Crippen molar-refractivity contribution in [2.75, 3.05) is 4.90 Å². The van der Waals surface area contributed by atoms with Crippen LogP contribution in [0.15, 0.2) is 64.6 Å². The van der Waals surface area contributed by atoms with Crippen LogP contribution in [0.25, 0.3) is 5.76 Å². The average Bonchev–Trinajstić information content (AvgIpc) is 3.30. The van der Waals surface area contributed by atoms with Crippen LogP contribution in [-0.2, 0) is 9.59 Å². The first-order chi connectivity index (χ1) is 15.7. The monoisotopic (exact) mass is 465 g/mol. The molecule has 1 amide bonds. The Morgan fingerprint density at radius 2 is 1.76 bits per heavy atom. The number of carbonyl (C=O) groups excluding carboxylic acids is 2. The molecule has 2 aromatic carbocycles. The summed E-state index contributed by atoms with van der Waals surface area (Å²) in [6.45, 7) is 7.48. The summed E-state index contributed by atoms with van der Waals surface area (Å²) >= 11 is 6.01. The van der Waals surface area contributed by atoms with Gasteiger partial charge in [0, 0.05) is 16.3 Å². The lowest BCUT2D eigenvalue weighted by atomic mass is 9.98. The molecule has 1 atom stereocenters. The summed E-state index contributed by atoms with van der Waals surface area (Å²) < 4.78 is 11.6. The molecule has 1 unspecified atom stereocenters. The molecule has 3 aromatic rings. The van der Waals surface area contributed by atoms with E-state index in [0.29, 0.717) is 33.5 Å². The van der Waals surface area contributed by atoms with Crippen LogP contribution in [0.1, 0.15) is 42.5 Å². The second-order valence-corrected chi connectivity index (χ2v) is 8.68. The molecule has 33 heavy (non-hydrogen) atoms. The van der Waals surface area contributed by atoms with E-state index in [0.717, 1.165) is 5.56 Å². The summed E-state index contributed by atoms with van der Waals surface area (Å²) in [5, 5.41) is 11.7. The number of aryl methyl sites for hydroxylation is 2. The molecule has 170 valence electrons. The van der Waals surface area contributed by atoms with Crippen LogP contribution < -0.4 is 9.64 Å². The predicted molar refractivity (Wildman–Crippen MR) is 127 cm³/mol. The summed E-state index contributed by atoms with van der Waals surface area (Å²) in [5.74, 6) is -0.141. The van der Waals surface area contributed by atoms with Gasteiger partial charge in [0.25, 0.3) is 11.7 Å². The minimum atomic E-state index is -0.924. The Morgan fingerprint density at radius 3 is 2.33 bits per heavy atom. The van der Waals surface area contributed by atoms with Gasteiger partial charge in [-0.2, -0.15) is 0 Å². The van der Waals surface area contributed by atoms with Gasteiger partial charge in [-0.15, -0.1) is 0 Å². The molecule has 0 saturated carbocycles. The number of rotatable bonds is 5. The Morgan fingerprint density at radius 1 is 1.06 bits per heavy atom. The Balaban J connectivity index is 1.87. The minimum absolute atomic E-state index is 0.00459. The van der Waals surface area contributed by atoms with E-state index < -0.39 is 17.7 Å². The van der Waals surface area contributed by atoms with E-state index >= 15 is 0 Å². The Kier molecular flexibility index (Phi) is 6.04. The average molecular weight is 466 g/mol. The molecule has 0 aliphatic carbocycles. The number of hydrogen-bond donors (Lipinski definition) is 1. The third-order valence-corrected chi connectivity index (χ3v) is 5.64. The number of anilines is 1. The molecule has 1 fully saturated rings. The number of aliphatic hydroxyl groups is 1. The normalized spacial score (nSPS) is 17.8. The Bertz CT molecular complexity index is 1260. The highest BCUT2D eigenvalue weighted by Crippen LogP contribution is 2.43. The molecule has 1 aliphatic rings. The van der Waals surface area contributed by atoms with Crippen LogP contribution in [-0.4, -0.2) is 22.9 Å². The Labute approximate surface area is 197 Å². The van der Waals surface area contributed by atoms with Gasteiger partial charge in [-0.05, 0) is 87.9 Å². The number of benzene rings is 2. The van der Waals surface area contributed by atoms with Crippen LogP contribution in [0.3, 0.4) is 0 Å².